The summed E-state index contributed by atoms with van der Waals surface area (Å²) < 4.78 is 0. The molecule has 0 aromatic rings. The van der Waals surface area contributed by atoms with E-state index in [0.717, 1.165) is 12.3 Å². The van der Waals surface area contributed by atoms with Crippen LogP contribution in [0.25, 0.3) is 0 Å². The molecule has 1 saturated carbocycles. The second-order valence-corrected chi connectivity index (χ2v) is 4.28. The van der Waals surface area contributed by atoms with E-state index in [4.69, 9.17) is 5.73 Å². The molecule has 1 atom stereocenters. The summed E-state index contributed by atoms with van der Waals surface area (Å²) in [5, 5.41) is 0. The van der Waals surface area contributed by atoms with Crippen molar-refractivity contribution in [2.24, 2.45) is 11.7 Å². The fourth-order valence-corrected chi connectivity index (χ4v) is 2.30. The summed E-state index contributed by atoms with van der Waals surface area (Å²) in [5.41, 5.74) is 6.15. The Bertz CT molecular complexity index is 136. The molecule has 0 spiro atoms. The van der Waals surface area contributed by atoms with E-state index in [0.29, 0.717) is 6.04 Å². The molecule has 1 nitrogen and oxygen atoms in total. The third-order valence-corrected chi connectivity index (χ3v) is 3.20. The van der Waals surface area contributed by atoms with Gasteiger partial charge in [-0.05, 0) is 38.0 Å². The molecule has 2 N–H and O–H groups in total. The summed E-state index contributed by atoms with van der Waals surface area (Å²) in [4.78, 5) is 0. The monoisotopic (exact) mass is 181 g/mol. The van der Waals surface area contributed by atoms with E-state index in [9.17, 15) is 0 Å². The van der Waals surface area contributed by atoms with Gasteiger partial charge in [-0.25, -0.2) is 0 Å². The first-order chi connectivity index (χ1) is 6.34. The first-order valence-corrected chi connectivity index (χ1v) is 5.71. The van der Waals surface area contributed by atoms with E-state index in [1.54, 1.807) is 0 Å². The predicted octanol–water partition coefficient (Wildman–Crippen LogP) is 3.25. The quantitative estimate of drug-likeness (QED) is 0.511. The Hall–Kier alpha value is -0.300. The summed E-state index contributed by atoms with van der Waals surface area (Å²) >= 11 is 0. The topological polar surface area (TPSA) is 26.0 Å². The minimum Gasteiger partial charge on any atom is -0.327 e. The molecule has 1 fully saturated rings. The lowest BCUT2D eigenvalue weighted by molar-refractivity contribution is 0.292. The molecule has 1 aliphatic rings. The number of hydrogen-bond acceptors (Lipinski definition) is 1. The van der Waals surface area contributed by atoms with E-state index >= 15 is 0 Å². The van der Waals surface area contributed by atoms with Crippen LogP contribution in [0.4, 0.5) is 0 Å². The Labute approximate surface area is 82.4 Å². The van der Waals surface area contributed by atoms with E-state index in [1.807, 2.05) is 6.08 Å². The Morgan fingerprint density at radius 2 is 2.00 bits per heavy atom. The summed E-state index contributed by atoms with van der Waals surface area (Å²) in [7, 11) is 0. The standard InChI is InChI=1S/C12H23N/c1-2-3-5-10-12(13)11-8-6-4-7-9-11/h2,11-12H,1,3-10,13H2. The van der Waals surface area contributed by atoms with Crippen LogP contribution in [0.15, 0.2) is 12.7 Å². The zero-order valence-electron chi connectivity index (χ0n) is 8.67. The van der Waals surface area contributed by atoms with Crippen LogP contribution in [-0.4, -0.2) is 6.04 Å². The highest BCUT2D eigenvalue weighted by Gasteiger charge is 2.19. The van der Waals surface area contributed by atoms with Crippen LogP contribution in [0.2, 0.25) is 0 Å². The van der Waals surface area contributed by atoms with Crippen LogP contribution in [0, 0.1) is 5.92 Å². The molecular formula is C12H23N. The number of hydrogen-bond donors (Lipinski definition) is 1. The van der Waals surface area contributed by atoms with E-state index in [2.05, 4.69) is 6.58 Å². The number of rotatable bonds is 5. The van der Waals surface area contributed by atoms with Crippen molar-refractivity contribution in [3.63, 3.8) is 0 Å². The van der Waals surface area contributed by atoms with Gasteiger partial charge in [0.1, 0.15) is 0 Å². The van der Waals surface area contributed by atoms with Crippen LogP contribution < -0.4 is 5.73 Å². The highest BCUT2D eigenvalue weighted by Crippen LogP contribution is 2.27. The van der Waals surface area contributed by atoms with E-state index in [-0.39, 0.29) is 0 Å². The average Bonchev–Trinajstić information content (AvgIpc) is 2.19. The Kier molecular flexibility index (Phi) is 5.14. The van der Waals surface area contributed by atoms with Crippen molar-refractivity contribution in [1.82, 2.24) is 0 Å². The van der Waals surface area contributed by atoms with E-state index < -0.39 is 0 Å². The molecule has 1 unspecified atom stereocenters. The lowest BCUT2D eigenvalue weighted by Crippen LogP contribution is -2.31. The molecule has 0 heterocycles. The van der Waals surface area contributed by atoms with Crippen molar-refractivity contribution in [1.29, 1.82) is 0 Å². The van der Waals surface area contributed by atoms with Gasteiger partial charge in [0.15, 0.2) is 0 Å². The fraction of sp³-hybridized carbons (Fsp3) is 0.833. The fourth-order valence-electron chi connectivity index (χ4n) is 2.30. The molecule has 76 valence electrons. The highest BCUT2D eigenvalue weighted by molar-refractivity contribution is 4.77. The van der Waals surface area contributed by atoms with Crippen molar-refractivity contribution >= 4 is 0 Å². The van der Waals surface area contributed by atoms with Crippen molar-refractivity contribution < 1.29 is 0 Å². The normalized spacial score (nSPS) is 21.3. The molecule has 1 rings (SSSR count). The van der Waals surface area contributed by atoms with E-state index in [1.165, 1.54) is 44.9 Å². The molecule has 1 aliphatic carbocycles. The summed E-state index contributed by atoms with van der Waals surface area (Å²) in [6, 6.07) is 0.459. The van der Waals surface area contributed by atoms with Gasteiger partial charge < -0.3 is 5.73 Å². The molecule has 0 bridgehead atoms. The number of nitrogens with two attached hydrogens (primary N) is 1. The van der Waals surface area contributed by atoms with Crippen molar-refractivity contribution in [2.45, 2.75) is 57.4 Å². The van der Waals surface area contributed by atoms with Gasteiger partial charge in [-0.3, -0.25) is 0 Å². The molecule has 0 saturated heterocycles. The van der Waals surface area contributed by atoms with Gasteiger partial charge in [0.25, 0.3) is 0 Å². The molecule has 0 aliphatic heterocycles. The second-order valence-electron chi connectivity index (χ2n) is 4.28. The van der Waals surface area contributed by atoms with Gasteiger partial charge in [-0.1, -0.05) is 25.3 Å². The van der Waals surface area contributed by atoms with Crippen LogP contribution in [0.1, 0.15) is 51.4 Å². The van der Waals surface area contributed by atoms with Gasteiger partial charge >= 0.3 is 0 Å². The first kappa shape index (κ1) is 10.8. The third kappa shape index (κ3) is 3.95. The summed E-state index contributed by atoms with van der Waals surface area (Å²) in [6.07, 6.45) is 12.5. The van der Waals surface area contributed by atoms with Gasteiger partial charge in [0.05, 0.1) is 0 Å². The summed E-state index contributed by atoms with van der Waals surface area (Å²) in [6.45, 7) is 3.73. The average molecular weight is 181 g/mol. The zero-order chi connectivity index (χ0) is 9.52. The maximum atomic E-state index is 6.15. The van der Waals surface area contributed by atoms with Gasteiger partial charge in [0.2, 0.25) is 0 Å². The van der Waals surface area contributed by atoms with Crippen molar-refractivity contribution in [2.75, 3.05) is 0 Å². The largest absolute Gasteiger partial charge is 0.327 e. The molecule has 0 amide bonds. The molecule has 13 heavy (non-hydrogen) atoms. The Morgan fingerprint density at radius 3 is 2.62 bits per heavy atom. The lowest BCUT2D eigenvalue weighted by atomic mass is 9.82. The molecule has 0 aromatic carbocycles. The highest BCUT2D eigenvalue weighted by atomic mass is 14.6. The maximum Gasteiger partial charge on any atom is 0.00672 e. The van der Waals surface area contributed by atoms with Crippen LogP contribution >= 0.6 is 0 Å². The number of unbranched alkanes of at least 4 members (excludes halogenated alkanes) is 1. The SMILES string of the molecule is C=CCCCC(N)C1CCCCC1. The zero-order valence-corrected chi connectivity index (χ0v) is 8.67. The second kappa shape index (κ2) is 6.20. The van der Waals surface area contributed by atoms with Gasteiger partial charge in [-0.2, -0.15) is 0 Å². The maximum absolute atomic E-state index is 6.15. The first-order valence-electron chi connectivity index (χ1n) is 5.71. The minimum atomic E-state index is 0.459. The minimum absolute atomic E-state index is 0.459. The van der Waals surface area contributed by atoms with Crippen LogP contribution in [0.5, 0.6) is 0 Å². The number of allylic oxidation sites excluding steroid dienone is 1. The van der Waals surface area contributed by atoms with Gasteiger partial charge in [0, 0.05) is 6.04 Å². The Balaban J connectivity index is 2.13. The van der Waals surface area contributed by atoms with Crippen molar-refractivity contribution in [3.8, 4) is 0 Å². The molecule has 1 heteroatoms. The molecule has 0 aromatic heterocycles. The smallest absolute Gasteiger partial charge is 0.00672 e. The lowest BCUT2D eigenvalue weighted by Gasteiger charge is -2.27. The van der Waals surface area contributed by atoms with Crippen molar-refractivity contribution in [3.05, 3.63) is 12.7 Å². The summed E-state index contributed by atoms with van der Waals surface area (Å²) in [5.74, 6) is 0.818. The van der Waals surface area contributed by atoms with Crippen LogP contribution in [0.3, 0.4) is 0 Å². The Morgan fingerprint density at radius 1 is 1.31 bits per heavy atom. The van der Waals surface area contributed by atoms with Crippen LogP contribution in [-0.2, 0) is 0 Å². The third-order valence-electron chi connectivity index (χ3n) is 3.20. The molecule has 0 radical (unpaired) electrons. The molecular weight excluding hydrogens is 158 g/mol. The predicted molar refractivity (Wildman–Crippen MR) is 58.6 cm³/mol. The van der Waals surface area contributed by atoms with Gasteiger partial charge in [-0.15, -0.1) is 6.58 Å².